The van der Waals surface area contributed by atoms with E-state index in [0.29, 0.717) is 24.9 Å². The first kappa shape index (κ1) is 26.6. The third-order valence-corrected chi connectivity index (χ3v) is 6.73. The highest BCUT2D eigenvalue weighted by Crippen LogP contribution is 2.26. The smallest absolute Gasteiger partial charge is 0.198 e. The fourth-order valence-electron chi connectivity index (χ4n) is 4.40. The third-order valence-electron chi connectivity index (χ3n) is 6.73. The van der Waals surface area contributed by atoms with Crippen molar-refractivity contribution in [3.8, 4) is 0 Å². The summed E-state index contributed by atoms with van der Waals surface area (Å²) in [5.74, 6) is -0.266. The summed E-state index contributed by atoms with van der Waals surface area (Å²) in [7, 11) is 0. The number of aliphatic imine (C=N–C) groups is 1. The van der Waals surface area contributed by atoms with Crippen LogP contribution in [0.2, 0.25) is 0 Å². The van der Waals surface area contributed by atoms with Gasteiger partial charge < -0.3 is 10.4 Å². The largest absolute Gasteiger partial charge is 0.360 e. The lowest BCUT2D eigenvalue weighted by molar-refractivity contribution is 0.103. The average Bonchev–Trinajstić information content (AvgIpc) is 3.26. The summed E-state index contributed by atoms with van der Waals surface area (Å²) in [4.78, 5) is 21.4. The van der Waals surface area contributed by atoms with Crippen LogP contribution < -0.4 is 0 Å². The summed E-state index contributed by atoms with van der Waals surface area (Å²) >= 11 is 0. The molecule has 1 aromatic heterocycles. The molecule has 0 radical (unpaired) electrons. The number of allylic oxidation sites excluding steroid dienone is 1. The third kappa shape index (κ3) is 6.76. The highest BCUT2D eigenvalue weighted by atomic mass is 19.1. The van der Waals surface area contributed by atoms with Crippen LogP contribution in [0.15, 0.2) is 41.2 Å². The summed E-state index contributed by atoms with van der Waals surface area (Å²) in [5, 5.41) is 8.46. The van der Waals surface area contributed by atoms with Crippen LogP contribution >= 0.6 is 0 Å². The number of benzene rings is 1. The number of nitrogens with zero attached hydrogens (tertiary/aromatic N) is 1. The van der Waals surface area contributed by atoms with E-state index in [2.05, 4.69) is 31.5 Å². The van der Waals surface area contributed by atoms with Gasteiger partial charge in [0, 0.05) is 46.9 Å². The molecule has 1 heterocycles. The normalized spacial score (nSPS) is 15.0. The fraction of sp³-hybridized carbons (Fsp3) is 0.467. The number of carbonyl (C=O) groups is 1. The molecule has 1 aliphatic carbocycles. The van der Waals surface area contributed by atoms with Crippen molar-refractivity contribution in [2.75, 3.05) is 6.54 Å². The maximum atomic E-state index is 15.5. The number of aromatic amines is 1. The van der Waals surface area contributed by atoms with E-state index in [1.165, 1.54) is 18.9 Å². The van der Waals surface area contributed by atoms with E-state index in [1.54, 1.807) is 18.3 Å². The molecular formula is C30H38FN3O. The van der Waals surface area contributed by atoms with Crippen molar-refractivity contribution in [3.05, 3.63) is 70.0 Å². The molecule has 0 saturated heterocycles. The molecule has 0 spiro atoms. The van der Waals surface area contributed by atoms with Gasteiger partial charge in [0.15, 0.2) is 5.78 Å². The molecule has 0 aliphatic heterocycles. The molecule has 0 saturated carbocycles. The fourth-order valence-corrected chi connectivity index (χ4v) is 4.40. The van der Waals surface area contributed by atoms with Gasteiger partial charge in [0.1, 0.15) is 5.82 Å². The molecule has 0 bridgehead atoms. The zero-order valence-corrected chi connectivity index (χ0v) is 21.3. The summed E-state index contributed by atoms with van der Waals surface area (Å²) in [6.07, 6.45) is 13.7. The van der Waals surface area contributed by atoms with Crippen LogP contribution in [0.3, 0.4) is 0 Å². The maximum Gasteiger partial charge on any atom is 0.198 e. The molecule has 1 unspecified atom stereocenters. The Hall–Kier alpha value is -3.04. The molecule has 1 aliphatic rings. The Balaban J connectivity index is 1.82. The molecule has 186 valence electrons. The number of hydrogen-bond donors (Lipinski definition) is 2. The van der Waals surface area contributed by atoms with Gasteiger partial charge in [-0.05, 0) is 50.2 Å². The van der Waals surface area contributed by atoms with Crippen LogP contribution in [0.25, 0.3) is 6.08 Å². The first-order valence-corrected chi connectivity index (χ1v) is 13.0. The molecule has 4 nitrogen and oxygen atoms in total. The van der Waals surface area contributed by atoms with Crippen molar-refractivity contribution in [1.82, 2.24) is 4.98 Å². The van der Waals surface area contributed by atoms with Crippen molar-refractivity contribution in [2.24, 2.45) is 10.9 Å². The molecular weight excluding hydrogens is 437 g/mol. The monoisotopic (exact) mass is 475 g/mol. The summed E-state index contributed by atoms with van der Waals surface area (Å²) in [6, 6.07) is 4.80. The quantitative estimate of drug-likeness (QED) is 0.139. The van der Waals surface area contributed by atoms with Gasteiger partial charge in [-0.3, -0.25) is 9.79 Å². The van der Waals surface area contributed by atoms with Crippen molar-refractivity contribution in [2.45, 2.75) is 78.6 Å². The minimum Gasteiger partial charge on any atom is -0.360 e. The number of halogens is 1. The molecule has 35 heavy (non-hydrogen) atoms. The highest BCUT2D eigenvalue weighted by Gasteiger charge is 2.25. The molecule has 3 rings (SSSR count). The van der Waals surface area contributed by atoms with Gasteiger partial charge in [-0.15, -0.1) is 5.73 Å². The van der Waals surface area contributed by atoms with E-state index in [0.717, 1.165) is 55.0 Å². The van der Waals surface area contributed by atoms with E-state index in [4.69, 9.17) is 10.4 Å². The topological polar surface area (TPSA) is 69.1 Å². The molecule has 0 fully saturated rings. The number of aromatic nitrogens is 1. The second-order valence-corrected chi connectivity index (χ2v) is 9.46. The number of H-pyrrole nitrogens is 1. The second kappa shape index (κ2) is 13.2. The van der Waals surface area contributed by atoms with Crippen LogP contribution in [0.4, 0.5) is 4.39 Å². The minimum absolute atomic E-state index is 0.00208. The second-order valence-electron chi connectivity index (χ2n) is 9.46. The van der Waals surface area contributed by atoms with Crippen LogP contribution in [0.5, 0.6) is 0 Å². The average molecular weight is 476 g/mol. The van der Waals surface area contributed by atoms with Crippen LogP contribution in [0.1, 0.15) is 111 Å². The number of rotatable bonds is 12. The molecule has 2 N–H and O–H groups in total. The number of nitrogens with one attached hydrogen (secondary N) is 2. The van der Waals surface area contributed by atoms with Crippen molar-refractivity contribution >= 4 is 23.3 Å². The lowest BCUT2D eigenvalue weighted by Crippen LogP contribution is -2.14. The first-order chi connectivity index (χ1) is 17.0. The van der Waals surface area contributed by atoms with Gasteiger partial charge in [-0.2, -0.15) is 0 Å². The summed E-state index contributed by atoms with van der Waals surface area (Å²) < 4.78 is 15.5. The number of ketones is 1. The van der Waals surface area contributed by atoms with Gasteiger partial charge in [-0.1, -0.05) is 58.6 Å². The lowest BCUT2D eigenvalue weighted by Gasteiger charge is -2.12. The molecule has 1 atom stereocenters. The van der Waals surface area contributed by atoms with Gasteiger partial charge in [0.25, 0.3) is 0 Å². The van der Waals surface area contributed by atoms with E-state index in [9.17, 15) is 4.79 Å². The lowest BCUT2D eigenvalue weighted by atomic mass is 9.92. The maximum absolute atomic E-state index is 15.5. The Labute approximate surface area is 209 Å². The molecule has 5 heteroatoms. The van der Waals surface area contributed by atoms with E-state index in [-0.39, 0.29) is 22.6 Å². The Morgan fingerprint density at radius 3 is 2.77 bits per heavy atom. The number of fused-ring (bicyclic) bond motifs is 1. The Bertz CT molecular complexity index is 1130. The Morgan fingerprint density at radius 2 is 2.00 bits per heavy atom. The first-order valence-electron chi connectivity index (χ1n) is 13.0. The highest BCUT2D eigenvalue weighted by molar-refractivity contribution is 6.18. The molecule has 1 aromatic carbocycles. The van der Waals surface area contributed by atoms with Crippen molar-refractivity contribution < 1.29 is 9.18 Å². The van der Waals surface area contributed by atoms with Gasteiger partial charge in [-0.25, -0.2) is 4.39 Å². The van der Waals surface area contributed by atoms with Crippen LogP contribution in [-0.2, 0) is 0 Å². The van der Waals surface area contributed by atoms with Gasteiger partial charge in [0.05, 0.1) is 11.3 Å². The SMILES string of the molecule is CCCN=C1CCC=C=Cc2[nH]cc(C(=O)c3cccc(C(=N)CCCCCC(C)CC)c3F)c21. The minimum atomic E-state index is -0.606. The Kier molecular flexibility index (Phi) is 9.98. The standard InChI is InChI=1S/C30H38FN3O/c1-4-19-33-26-17-10-7-11-18-27-28(26)24(20-34-27)30(35)23-15-12-14-22(29(23)31)25(32)16-9-6-8-13-21(3)5-2/h7,12,14-15,18,20-21,32,34H,4-6,8-10,13,16-17,19H2,1-3H3. The van der Waals surface area contributed by atoms with E-state index in [1.807, 2.05) is 12.2 Å². The number of carbonyl (C=O) groups excluding carboxylic acids is 1. The van der Waals surface area contributed by atoms with Gasteiger partial charge in [0.2, 0.25) is 0 Å². The number of unbranched alkanes of at least 4 members (excludes halogenated alkanes) is 2. The predicted molar refractivity (Wildman–Crippen MR) is 143 cm³/mol. The summed E-state index contributed by atoms with van der Waals surface area (Å²) in [5.41, 5.74) is 6.40. The van der Waals surface area contributed by atoms with Gasteiger partial charge >= 0.3 is 0 Å². The molecule has 0 amide bonds. The zero-order chi connectivity index (χ0) is 25.2. The summed E-state index contributed by atoms with van der Waals surface area (Å²) in [6.45, 7) is 7.21. The van der Waals surface area contributed by atoms with Crippen LogP contribution in [0, 0.1) is 17.1 Å². The predicted octanol–water partition coefficient (Wildman–Crippen LogP) is 7.91. The number of hydrogen-bond acceptors (Lipinski definition) is 3. The van der Waals surface area contributed by atoms with E-state index >= 15 is 4.39 Å². The van der Waals surface area contributed by atoms with Crippen molar-refractivity contribution in [1.29, 1.82) is 5.41 Å². The van der Waals surface area contributed by atoms with Crippen LogP contribution in [-0.4, -0.2) is 28.7 Å². The Morgan fingerprint density at radius 1 is 1.20 bits per heavy atom. The van der Waals surface area contributed by atoms with E-state index < -0.39 is 5.82 Å². The molecule has 2 aromatic rings. The zero-order valence-electron chi connectivity index (χ0n) is 21.3. The van der Waals surface area contributed by atoms with Crippen molar-refractivity contribution in [3.63, 3.8) is 0 Å².